The quantitative estimate of drug-likeness (QED) is 0.676. The van der Waals surface area contributed by atoms with Crippen LogP contribution in [-0.4, -0.2) is 10.7 Å². The highest BCUT2D eigenvalue weighted by Gasteiger charge is 1.81. The summed E-state index contributed by atoms with van der Waals surface area (Å²) in [7, 11) is 0. The summed E-state index contributed by atoms with van der Waals surface area (Å²) in [5, 5.41) is 2.27. The molecule has 0 heterocycles. The Labute approximate surface area is 82.0 Å². The van der Waals surface area contributed by atoms with Crippen LogP contribution in [0.25, 0.3) is 0 Å². The molecule has 0 aromatic heterocycles. The molecule has 0 fully saturated rings. The van der Waals surface area contributed by atoms with E-state index in [1.807, 2.05) is 0 Å². The molecular weight excluding hydrogens is 256 g/mol. The largest absolute Gasteiger partial charge is 0.0928 e. The van der Waals surface area contributed by atoms with Gasteiger partial charge in [-0.3, -0.25) is 0 Å². The molecule has 0 saturated heterocycles. The Morgan fingerprint density at radius 1 is 1.20 bits per heavy atom. The zero-order valence-electron chi connectivity index (χ0n) is 7.16. The highest BCUT2D eigenvalue weighted by atomic mass is 79.9. The van der Waals surface area contributed by atoms with Crippen molar-refractivity contribution in [2.45, 2.75) is 33.6 Å². The van der Waals surface area contributed by atoms with Crippen LogP contribution in [0.2, 0.25) is 0 Å². The van der Waals surface area contributed by atoms with Crippen molar-refractivity contribution in [1.29, 1.82) is 0 Å². The SMILES string of the molecule is CC(C)CBr.CCCCBr. The zero-order valence-corrected chi connectivity index (χ0v) is 10.3. The first-order valence-corrected chi connectivity index (χ1v) is 6.05. The maximum atomic E-state index is 3.31. The number of halogens is 2. The van der Waals surface area contributed by atoms with Gasteiger partial charge in [0.25, 0.3) is 0 Å². The topological polar surface area (TPSA) is 0 Å². The zero-order chi connectivity index (χ0) is 8.41. The summed E-state index contributed by atoms with van der Waals surface area (Å²) in [5.41, 5.74) is 0. The van der Waals surface area contributed by atoms with E-state index >= 15 is 0 Å². The van der Waals surface area contributed by atoms with Crippen molar-refractivity contribution in [3.63, 3.8) is 0 Å². The van der Waals surface area contributed by atoms with Crippen molar-refractivity contribution < 1.29 is 0 Å². The van der Waals surface area contributed by atoms with E-state index in [0.717, 1.165) is 16.6 Å². The Bertz CT molecular complexity index is 42.5. The van der Waals surface area contributed by atoms with Gasteiger partial charge in [-0.15, -0.1) is 0 Å². The minimum absolute atomic E-state index is 0.801. The Kier molecular flexibility index (Phi) is 17.1. The molecule has 0 amide bonds. The molecular formula is C8H18Br2. The molecule has 0 bridgehead atoms. The maximum Gasteiger partial charge on any atom is 0.00544 e. The third-order valence-electron chi connectivity index (χ3n) is 0.796. The van der Waals surface area contributed by atoms with Gasteiger partial charge in [0.2, 0.25) is 0 Å². The van der Waals surface area contributed by atoms with Crippen LogP contribution < -0.4 is 0 Å². The van der Waals surface area contributed by atoms with Crippen LogP contribution in [0.4, 0.5) is 0 Å². The smallest absolute Gasteiger partial charge is 0.00544 e. The molecule has 0 aliphatic carbocycles. The highest BCUT2D eigenvalue weighted by molar-refractivity contribution is 9.09. The molecule has 64 valence electrons. The molecule has 10 heavy (non-hydrogen) atoms. The van der Waals surface area contributed by atoms with Crippen molar-refractivity contribution in [3.05, 3.63) is 0 Å². The lowest BCUT2D eigenvalue weighted by Crippen LogP contribution is -1.82. The van der Waals surface area contributed by atoms with Crippen molar-refractivity contribution in [2.75, 3.05) is 10.7 Å². The minimum atomic E-state index is 0.801. The van der Waals surface area contributed by atoms with Crippen molar-refractivity contribution >= 4 is 31.9 Å². The van der Waals surface area contributed by atoms with Gasteiger partial charge >= 0.3 is 0 Å². The molecule has 0 rings (SSSR count). The van der Waals surface area contributed by atoms with Crippen molar-refractivity contribution in [3.8, 4) is 0 Å². The van der Waals surface area contributed by atoms with Crippen LogP contribution in [0.15, 0.2) is 0 Å². The van der Waals surface area contributed by atoms with Crippen molar-refractivity contribution in [1.82, 2.24) is 0 Å². The molecule has 0 unspecified atom stereocenters. The Morgan fingerprint density at radius 3 is 1.60 bits per heavy atom. The summed E-state index contributed by atoms with van der Waals surface area (Å²) in [6.45, 7) is 6.53. The summed E-state index contributed by atoms with van der Waals surface area (Å²) in [6.07, 6.45) is 2.60. The number of hydrogen-bond donors (Lipinski definition) is 0. The summed E-state index contributed by atoms with van der Waals surface area (Å²) in [4.78, 5) is 0. The highest BCUT2D eigenvalue weighted by Crippen LogP contribution is 1.94. The van der Waals surface area contributed by atoms with E-state index in [4.69, 9.17) is 0 Å². The monoisotopic (exact) mass is 272 g/mol. The van der Waals surface area contributed by atoms with Gasteiger partial charge in [0.1, 0.15) is 0 Å². The Balaban J connectivity index is 0. The van der Waals surface area contributed by atoms with E-state index in [2.05, 4.69) is 52.6 Å². The van der Waals surface area contributed by atoms with Crippen LogP contribution in [0.3, 0.4) is 0 Å². The first-order valence-electron chi connectivity index (χ1n) is 3.80. The Morgan fingerprint density at radius 2 is 1.60 bits per heavy atom. The molecule has 0 aromatic carbocycles. The molecule has 0 aromatic rings. The predicted molar refractivity (Wildman–Crippen MR) is 57.3 cm³/mol. The molecule has 0 aliphatic heterocycles. The van der Waals surface area contributed by atoms with Gasteiger partial charge < -0.3 is 0 Å². The average Bonchev–Trinajstić information content (AvgIpc) is 1.91. The van der Waals surface area contributed by atoms with Gasteiger partial charge in [0.15, 0.2) is 0 Å². The Hall–Kier alpha value is 0.960. The number of unbranched alkanes of at least 4 members (excludes halogenated alkanes) is 1. The van der Waals surface area contributed by atoms with Crippen LogP contribution in [0.1, 0.15) is 33.6 Å². The van der Waals surface area contributed by atoms with Gasteiger partial charge in [-0.25, -0.2) is 0 Å². The van der Waals surface area contributed by atoms with Crippen LogP contribution >= 0.6 is 31.9 Å². The molecule has 0 N–H and O–H groups in total. The third-order valence-corrected chi connectivity index (χ3v) is 2.65. The summed E-state index contributed by atoms with van der Waals surface area (Å²) >= 11 is 6.62. The van der Waals surface area contributed by atoms with Crippen molar-refractivity contribution in [2.24, 2.45) is 5.92 Å². The van der Waals surface area contributed by atoms with E-state index in [1.54, 1.807) is 0 Å². The van der Waals surface area contributed by atoms with E-state index in [0.29, 0.717) is 0 Å². The summed E-state index contributed by atoms with van der Waals surface area (Å²) < 4.78 is 0. The minimum Gasteiger partial charge on any atom is -0.0928 e. The van der Waals surface area contributed by atoms with Gasteiger partial charge in [-0.2, -0.15) is 0 Å². The molecule has 0 saturated carbocycles. The maximum absolute atomic E-state index is 3.31. The number of hydrogen-bond acceptors (Lipinski definition) is 0. The van der Waals surface area contributed by atoms with E-state index in [1.165, 1.54) is 12.8 Å². The number of rotatable bonds is 3. The second-order valence-electron chi connectivity index (χ2n) is 2.59. The second kappa shape index (κ2) is 12.6. The predicted octanol–water partition coefficient (Wildman–Crippen LogP) is 4.22. The summed E-state index contributed by atoms with van der Waals surface area (Å²) in [6, 6.07) is 0. The van der Waals surface area contributed by atoms with Gasteiger partial charge in [-0.05, 0) is 12.3 Å². The fraction of sp³-hybridized carbons (Fsp3) is 1.00. The molecule has 0 aliphatic rings. The molecule has 0 radical (unpaired) electrons. The van der Waals surface area contributed by atoms with E-state index < -0.39 is 0 Å². The normalized spacial score (nSPS) is 9.00. The third kappa shape index (κ3) is 23.1. The fourth-order valence-corrected chi connectivity index (χ4v) is 0.694. The van der Waals surface area contributed by atoms with E-state index in [9.17, 15) is 0 Å². The van der Waals surface area contributed by atoms with E-state index in [-0.39, 0.29) is 0 Å². The lowest BCUT2D eigenvalue weighted by molar-refractivity contribution is 0.756. The van der Waals surface area contributed by atoms with Crippen LogP contribution in [-0.2, 0) is 0 Å². The van der Waals surface area contributed by atoms with Crippen LogP contribution in [0, 0.1) is 5.92 Å². The summed E-state index contributed by atoms with van der Waals surface area (Å²) in [5.74, 6) is 0.801. The molecule has 0 spiro atoms. The fourth-order valence-electron chi connectivity index (χ4n) is 0.134. The lowest BCUT2D eigenvalue weighted by atomic mass is 10.3. The number of alkyl halides is 2. The average molecular weight is 274 g/mol. The molecule has 0 atom stereocenters. The lowest BCUT2D eigenvalue weighted by Gasteiger charge is -1.88. The van der Waals surface area contributed by atoms with Gasteiger partial charge in [0.05, 0.1) is 0 Å². The van der Waals surface area contributed by atoms with Crippen LogP contribution in [0.5, 0.6) is 0 Å². The first-order chi connectivity index (χ1) is 4.68. The molecule has 2 heteroatoms. The standard InChI is InChI=1S/2C4H9Br/c1-4(2)3-5;1-2-3-4-5/h4H,3H2,1-2H3;2-4H2,1H3. The van der Waals surface area contributed by atoms with Gasteiger partial charge in [0, 0.05) is 10.7 Å². The second-order valence-corrected chi connectivity index (χ2v) is 4.03. The van der Waals surface area contributed by atoms with Gasteiger partial charge in [-0.1, -0.05) is 59.1 Å². The molecule has 0 nitrogen and oxygen atoms in total. The first kappa shape index (κ1) is 13.5.